The predicted octanol–water partition coefficient (Wildman–Crippen LogP) is 3.07. The van der Waals surface area contributed by atoms with Crippen molar-refractivity contribution in [3.8, 4) is 16.9 Å². The number of benzene rings is 1. The van der Waals surface area contributed by atoms with Crippen LogP contribution in [0.1, 0.15) is 31.2 Å². The van der Waals surface area contributed by atoms with E-state index in [9.17, 15) is 4.79 Å². The van der Waals surface area contributed by atoms with Crippen molar-refractivity contribution in [1.82, 2.24) is 20.1 Å². The highest BCUT2D eigenvalue weighted by molar-refractivity contribution is 5.76. The minimum atomic E-state index is 0.0514. The highest BCUT2D eigenvalue weighted by atomic mass is 16.1. The third-order valence-electron chi connectivity index (χ3n) is 5.41. The van der Waals surface area contributed by atoms with Crippen molar-refractivity contribution in [2.75, 3.05) is 0 Å². The lowest BCUT2D eigenvalue weighted by atomic mass is 10.00. The average molecular weight is 375 g/mol. The van der Waals surface area contributed by atoms with Crippen LogP contribution in [-0.4, -0.2) is 26.7 Å². The Hall–Kier alpha value is -2.99. The summed E-state index contributed by atoms with van der Waals surface area (Å²) in [6.07, 6.45) is 9.17. The largest absolute Gasteiger partial charge is 0.352 e. The van der Waals surface area contributed by atoms with Gasteiger partial charge in [0.25, 0.3) is 0 Å². The van der Waals surface area contributed by atoms with Gasteiger partial charge in [-0.2, -0.15) is 5.10 Å². The van der Waals surface area contributed by atoms with Gasteiger partial charge < -0.3 is 11.1 Å². The Morgan fingerprint density at radius 2 is 1.93 bits per heavy atom. The third-order valence-corrected chi connectivity index (χ3v) is 5.41. The molecule has 2 heterocycles. The molecule has 2 atom stereocenters. The fourth-order valence-corrected chi connectivity index (χ4v) is 3.83. The first-order valence-electron chi connectivity index (χ1n) is 9.77. The zero-order valence-corrected chi connectivity index (χ0v) is 15.8. The Kier molecular flexibility index (Phi) is 5.48. The molecule has 6 nitrogen and oxygen atoms in total. The molecular weight excluding hydrogens is 350 g/mol. The molecule has 4 rings (SSSR count). The molecule has 144 valence electrons. The summed E-state index contributed by atoms with van der Waals surface area (Å²) in [5.74, 6) is 0.349. The van der Waals surface area contributed by atoms with Crippen LogP contribution in [-0.2, 0) is 11.3 Å². The van der Waals surface area contributed by atoms with Gasteiger partial charge in [-0.1, -0.05) is 24.6 Å². The van der Waals surface area contributed by atoms with Crippen molar-refractivity contribution in [2.45, 2.75) is 38.3 Å². The van der Waals surface area contributed by atoms with E-state index < -0.39 is 0 Å². The van der Waals surface area contributed by atoms with E-state index >= 15 is 0 Å². The maximum Gasteiger partial charge on any atom is 0.220 e. The summed E-state index contributed by atoms with van der Waals surface area (Å²) in [7, 11) is 0. The number of carbonyl (C=O) groups excluding carboxylic acids is 1. The molecule has 3 aromatic rings. The second-order valence-corrected chi connectivity index (χ2v) is 7.35. The van der Waals surface area contributed by atoms with Gasteiger partial charge in [-0.15, -0.1) is 0 Å². The molecule has 0 saturated heterocycles. The van der Waals surface area contributed by atoms with E-state index in [2.05, 4.69) is 10.3 Å². The van der Waals surface area contributed by atoms with Gasteiger partial charge in [0, 0.05) is 48.7 Å². The summed E-state index contributed by atoms with van der Waals surface area (Å²) in [4.78, 5) is 16.5. The molecule has 0 radical (unpaired) electrons. The van der Waals surface area contributed by atoms with Gasteiger partial charge in [0.15, 0.2) is 0 Å². The maximum atomic E-state index is 12.4. The molecule has 0 spiro atoms. The lowest BCUT2D eigenvalue weighted by molar-refractivity contribution is -0.122. The van der Waals surface area contributed by atoms with E-state index in [0.717, 1.165) is 41.8 Å². The topological polar surface area (TPSA) is 85.8 Å². The highest BCUT2D eigenvalue weighted by Crippen LogP contribution is 2.27. The summed E-state index contributed by atoms with van der Waals surface area (Å²) in [6.45, 7) is 0.436. The van der Waals surface area contributed by atoms with Crippen LogP contribution in [0.3, 0.4) is 0 Å². The van der Waals surface area contributed by atoms with Crippen LogP contribution in [0.4, 0.5) is 0 Å². The van der Waals surface area contributed by atoms with Crippen LogP contribution in [0, 0.1) is 5.92 Å². The third kappa shape index (κ3) is 4.12. The van der Waals surface area contributed by atoms with Crippen LogP contribution >= 0.6 is 0 Å². The van der Waals surface area contributed by atoms with Gasteiger partial charge in [0.1, 0.15) is 0 Å². The summed E-state index contributed by atoms with van der Waals surface area (Å²) >= 11 is 0. The van der Waals surface area contributed by atoms with Crippen LogP contribution in [0.2, 0.25) is 0 Å². The second kappa shape index (κ2) is 8.35. The Morgan fingerprint density at radius 1 is 1.14 bits per heavy atom. The highest BCUT2D eigenvalue weighted by Gasteiger charge is 2.26. The van der Waals surface area contributed by atoms with Crippen LogP contribution in [0.5, 0.6) is 0 Å². The smallest absolute Gasteiger partial charge is 0.220 e. The number of nitrogens with one attached hydrogen (secondary N) is 1. The van der Waals surface area contributed by atoms with E-state index in [4.69, 9.17) is 10.8 Å². The number of aromatic nitrogens is 3. The fraction of sp³-hybridized carbons (Fsp3) is 0.318. The van der Waals surface area contributed by atoms with Gasteiger partial charge in [-0.3, -0.25) is 9.78 Å². The van der Waals surface area contributed by atoms with Gasteiger partial charge >= 0.3 is 0 Å². The molecule has 0 unspecified atom stereocenters. The van der Waals surface area contributed by atoms with E-state index in [-0.39, 0.29) is 11.9 Å². The Balaban J connectivity index is 1.53. The first kappa shape index (κ1) is 18.4. The normalized spacial score (nSPS) is 18.9. The van der Waals surface area contributed by atoms with E-state index in [1.807, 2.05) is 53.3 Å². The van der Waals surface area contributed by atoms with Crippen molar-refractivity contribution in [3.05, 3.63) is 66.6 Å². The Bertz CT molecular complexity index is 923. The number of amides is 1. The standard InChI is InChI=1S/C22H25N5O/c23-20-8-4-5-17(20)13-21(28)25-14-18-15-27(19-6-2-1-3-7-19)26-22(18)16-9-11-24-12-10-16/h1-3,6-7,9-12,15,17,20H,4-5,8,13-14,23H2,(H,25,28)/t17-,20+/m0/s1. The fourth-order valence-electron chi connectivity index (χ4n) is 3.83. The molecule has 1 amide bonds. The van der Waals surface area contributed by atoms with Crippen LogP contribution < -0.4 is 11.1 Å². The van der Waals surface area contributed by atoms with Crippen molar-refractivity contribution in [1.29, 1.82) is 0 Å². The molecule has 6 heteroatoms. The monoisotopic (exact) mass is 375 g/mol. The van der Waals surface area contributed by atoms with Crippen LogP contribution in [0.25, 0.3) is 16.9 Å². The first-order chi connectivity index (χ1) is 13.7. The van der Waals surface area contributed by atoms with Crippen molar-refractivity contribution in [3.63, 3.8) is 0 Å². The van der Waals surface area contributed by atoms with E-state index in [0.29, 0.717) is 18.9 Å². The van der Waals surface area contributed by atoms with Crippen LogP contribution in [0.15, 0.2) is 61.1 Å². The minimum Gasteiger partial charge on any atom is -0.352 e. The number of carbonyl (C=O) groups is 1. The quantitative estimate of drug-likeness (QED) is 0.693. The number of hydrogen-bond acceptors (Lipinski definition) is 4. The molecule has 1 aliphatic carbocycles. The molecule has 0 aliphatic heterocycles. The number of pyridine rings is 1. The number of nitrogens with zero attached hydrogens (tertiary/aromatic N) is 3. The molecule has 1 saturated carbocycles. The minimum absolute atomic E-state index is 0.0514. The molecule has 1 aliphatic rings. The van der Waals surface area contributed by atoms with Gasteiger partial charge in [0.05, 0.1) is 11.4 Å². The predicted molar refractivity (Wildman–Crippen MR) is 109 cm³/mol. The molecule has 28 heavy (non-hydrogen) atoms. The second-order valence-electron chi connectivity index (χ2n) is 7.35. The summed E-state index contributed by atoms with van der Waals surface area (Å²) in [5.41, 5.74) is 9.88. The lowest BCUT2D eigenvalue weighted by Gasteiger charge is -2.14. The van der Waals surface area contributed by atoms with Crippen molar-refractivity contribution >= 4 is 5.91 Å². The lowest BCUT2D eigenvalue weighted by Crippen LogP contribution is -2.31. The molecule has 1 fully saturated rings. The molecule has 0 bridgehead atoms. The zero-order valence-electron chi connectivity index (χ0n) is 15.8. The molecule has 3 N–H and O–H groups in total. The Labute approximate surface area is 164 Å². The summed E-state index contributed by atoms with van der Waals surface area (Å²) < 4.78 is 1.85. The van der Waals surface area contributed by atoms with Gasteiger partial charge in [-0.25, -0.2) is 4.68 Å². The average Bonchev–Trinajstić information content (AvgIpc) is 3.34. The molecular formula is C22H25N5O. The summed E-state index contributed by atoms with van der Waals surface area (Å²) in [5, 5.41) is 7.82. The van der Waals surface area contributed by atoms with Crippen molar-refractivity contribution < 1.29 is 4.79 Å². The molecule has 1 aromatic carbocycles. The number of rotatable bonds is 6. The van der Waals surface area contributed by atoms with Gasteiger partial charge in [0.2, 0.25) is 5.91 Å². The zero-order chi connectivity index (χ0) is 19.3. The summed E-state index contributed by atoms with van der Waals surface area (Å²) in [6, 6.07) is 14.0. The Morgan fingerprint density at radius 3 is 2.64 bits per heavy atom. The number of nitrogens with two attached hydrogens (primary N) is 1. The van der Waals surface area contributed by atoms with E-state index in [1.54, 1.807) is 12.4 Å². The maximum absolute atomic E-state index is 12.4. The van der Waals surface area contributed by atoms with Gasteiger partial charge in [-0.05, 0) is 43.0 Å². The van der Waals surface area contributed by atoms with E-state index in [1.165, 1.54) is 0 Å². The molecule has 2 aromatic heterocycles. The number of para-hydroxylation sites is 1. The first-order valence-corrected chi connectivity index (χ1v) is 9.77. The number of hydrogen-bond donors (Lipinski definition) is 2. The van der Waals surface area contributed by atoms with Crippen molar-refractivity contribution in [2.24, 2.45) is 11.7 Å². The SMILES string of the molecule is N[C@@H]1CCC[C@H]1CC(=O)NCc1cn(-c2ccccc2)nc1-c1ccncc1.